The summed E-state index contributed by atoms with van der Waals surface area (Å²) in [6, 6.07) is 5.51. The van der Waals surface area contributed by atoms with Crippen LogP contribution < -0.4 is 20.5 Å². The molecule has 0 spiro atoms. The average Bonchev–Trinajstić information content (AvgIpc) is 2.96. The summed E-state index contributed by atoms with van der Waals surface area (Å²) >= 11 is 2.57. The molecule has 0 bridgehead atoms. The number of aromatic nitrogens is 2. The molecule has 2 rings (SSSR count). The van der Waals surface area contributed by atoms with Gasteiger partial charge in [0.15, 0.2) is 15.8 Å². The number of amides is 1. The molecular formula is C13H16N4O3S2. The molecule has 0 unspecified atom stereocenters. The van der Waals surface area contributed by atoms with Crippen LogP contribution in [0.2, 0.25) is 0 Å². The fraction of sp³-hybridized carbons (Fsp3) is 0.308. The van der Waals surface area contributed by atoms with Crippen LogP contribution in [0.4, 0.5) is 5.13 Å². The molecule has 0 fully saturated rings. The van der Waals surface area contributed by atoms with Gasteiger partial charge in [-0.05, 0) is 17.7 Å². The van der Waals surface area contributed by atoms with Crippen molar-refractivity contribution in [2.45, 2.75) is 10.9 Å². The predicted molar refractivity (Wildman–Crippen MR) is 86.4 cm³/mol. The molecule has 1 aromatic carbocycles. The fourth-order valence-corrected chi connectivity index (χ4v) is 3.11. The highest BCUT2D eigenvalue weighted by atomic mass is 32.2. The number of benzene rings is 1. The summed E-state index contributed by atoms with van der Waals surface area (Å²) < 4.78 is 11.1. The Kier molecular flexibility index (Phi) is 5.84. The van der Waals surface area contributed by atoms with E-state index in [0.717, 1.165) is 5.56 Å². The molecule has 3 N–H and O–H groups in total. The molecule has 1 heterocycles. The maximum atomic E-state index is 11.8. The molecule has 0 aliphatic rings. The van der Waals surface area contributed by atoms with Gasteiger partial charge in [-0.3, -0.25) is 4.79 Å². The molecule has 0 aliphatic carbocycles. The number of nitrogens with two attached hydrogens (primary N) is 1. The number of methoxy groups -OCH3 is 2. The predicted octanol–water partition coefficient (Wildman–Crippen LogP) is 1.55. The van der Waals surface area contributed by atoms with Crippen molar-refractivity contribution in [2.24, 2.45) is 0 Å². The van der Waals surface area contributed by atoms with Gasteiger partial charge < -0.3 is 20.5 Å². The van der Waals surface area contributed by atoms with Crippen molar-refractivity contribution in [1.29, 1.82) is 0 Å². The standard InChI is InChI=1S/C13H16N4O3S2/c1-19-9-4-3-8(5-10(9)20-2)6-15-11(18)7-21-13-17-16-12(14)22-13/h3-5H,6-7H2,1-2H3,(H2,14,16)(H,15,18). The first-order chi connectivity index (χ1) is 10.6. The summed E-state index contributed by atoms with van der Waals surface area (Å²) in [7, 11) is 3.15. The summed E-state index contributed by atoms with van der Waals surface area (Å²) in [6.07, 6.45) is 0. The zero-order chi connectivity index (χ0) is 15.9. The lowest BCUT2D eigenvalue weighted by atomic mass is 10.2. The lowest BCUT2D eigenvalue weighted by Gasteiger charge is -2.10. The van der Waals surface area contributed by atoms with E-state index in [0.29, 0.717) is 27.5 Å². The van der Waals surface area contributed by atoms with Crippen LogP contribution in [0.5, 0.6) is 11.5 Å². The second kappa shape index (κ2) is 7.85. The van der Waals surface area contributed by atoms with Gasteiger partial charge in [-0.2, -0.15) is 0 Å². The second-order valence-corrected chi connectivity index (χ2v) is 6.39. The molecule has 1 aromatic heterocycles. The number of thioether (sulfide) groups is 1. The number of rotatable bonds is 7. The first kappa shape index (κ1) is 16.4. The smallest absolute Gasteiger partial charge is 0.230 e. The number of carbonyl (C=O) groups is 1. The molecule has 0 aliphatic heterocycles. The summed E-state index contributed by atoms with van der Waals surface area (Å²) in [5.74, 6) is 1.46. The summed E-state index contributed by atoms with van der Waals surface area (Å²) in [5.41, 5.74) is 6.41. The van der Waals surface area contributed by atoms with Crippen molar-refractivity contribution in [2.75, 3.05) is 25.7 Å². The third-order valence-electron chi connectivity index (χ3n) is 2.69. The van der Waals surface area contributed by atoms with Gasteiger partial charge in [-0.1, -0.05) is 29.2 Å². The second-order valence-electron chi connectivity index (χ2n) is 4.16. The van der Waals surface area contributed by atoms with E-state index < -0.39 is 0 Å². The zero-order valence-electron chi connectivity index (χ0n) is 12.2. The number of anilines is 1. The molecule has 22 heavy (non-hydrogen) atoms. The van der Waals surface area contributed by atoms with Crippen molar-refractivity contribution in [3.8, 4) is 11.5 Å². The fourth-order valence-electron chi connectivity index (χ4n) is 1.65. The van der Waals surface area contributed by atoms with E-state index in [-0.39, 0.29) is 11.7 Å². The van der Waals surface area contributed by atoms with E-state index in [2.05, 4.69) is 15.5 Å². The minimum absolute atomic E-state index is 0.0893. The van der Waals surface area contributed by atoms with Gasteiger partial charge in [-0.15, -0.1) is 10.2 Å². The van der Waals surface area contributed by atoms with Gasteiger partial charge in [-0.25, -0.2) is 0 Å². The third kappa shape index (κ3) is 4.50. The summed E-state index contributed by atoms with van der Waals surface area (Å²) in [6.45, 7) is 0.415. The lowest BCUT2D eigenvalue weighted by molar-refractivity contribution is -0.118. The van der Waals surface area contributed by atoms with Gasteiger partial charge in [0, 0.05) is 6.54 Å². The quantitative estimate of drug-likeness (QED) is 0.738. The average molecular weight is 340 g/mol. The third-order valence-corrected chi connectivity index (χ3v) is 4.57. The van der Waals surface area contributed by atoms with E-state index in [9.17, 15) is 4.79 Å². The number of nitrogens with one attached hydrogen (secondary N) is 1. The maximum absolute atomic E-state index is 11.8. The summed E-state index contributed by atoms with van der Waals surface area (Å²) in [4.78, 5) is 11.8. The Morgan fingerprint density at radius 3 is 2.73 bits per heavy atom. The van der Waals surface area contributed by atoms with Gasteiger partial charge >= 0.3 is 0 Å². The number of hydrogen-bond acceptors (Lipinski definition) is 8. The topological polar surface area (TPSA) is 99.4 Å². The molecule has 0 saturated carbocycles. The Morgan fingerprint density at radius 2 is 2.09 bits per heavy atom. The van der Waals surface area contributed by atoms with Crippen LogP contribution in [0.1, 0.15) is 5.56 Å². The highest BCUT2D eigenvalue weighted by molar-refractivity contribution is 8.01. The van der Waals surface area contributed by atoms with Crippen LogP contribution in [0, 0.1) is 0 Å². The Hall–Kier alpha value is -2.00. The summed E-state index contributed by atoms with van der Waals surface area (Å²) in [5, 5.41) is 10.8. The van der Waals surface area contributed by atoms with Crippen molar-refractivity contribution < 1.29 is 14.3 Å². The molecule has 118 valence electrons. The van der Waals surface area contributed by atoms with Crippen LogP contribution in [-0.4, -0.2) is 36.1 Å². The molecule has 0 radical (unpaired) electrons. The number of nitrogens with zero attached hydrogens (tertiary/aromatic N) is 2. The first-order valence-electron chi connectivity index (χ1n) is 6.31. The number of carbonyl (C=O) groups excluding carboxylic acids is 1. The molecule has 9 heteroatoms. The van der Waals surface area contributed by atoms with Gasteiger partial charge in [0.05, 0.1) is 20.0 Å². The first-order valence-corrected chi connectivity index (χ1v) is 8.12. The van der Waals surface area contributed by atoms with Crippen molar-refractivity contribution in [3.05, 3.63) is 23.8 Å². The minimum Gasteiger partial charge on any atom is -0.493 e. The number of nitrogen functional groups attached to an aromatic ring is 1. The van der Waals surface area contributed by atoms with E-state index in [1.807, 2.05) is 12.1 Å². The van der Waals surface area contributed by atoms with Crippen LogP contribution in [0.25, 0.3) is 0 Å². The van der Waals surface area contributed by atoms with Crippen LogP contribution >= 0.6 is 23.1 Å². The van der Waals surface area contributed by atoms with Crippen molar-refractivity contribution in [1.82, 2.24) is 15.5 Å². The number of hydrogen-bond donors (Lipinski definition) is 2. The Morgan fingerprint density at radius 1 is 1.32 bits per heavy atom. The normalized spacial score (nSPS) is 10.3. The maximum Gasteiger partial charge on any atom is 0.230 e. The van der Waals surface area contributed by atoms with Gasteiger partial charge in [0.25, 0.3) is 0 Å². The van der Waals surface area contributed by atoms with Crippen LogP contribution in [0.3, 0.4) is 0 Å². The van der Waals surface area contributed by atoms with Crippen LogP contribution in [0.15, 0.2) is 22.5 Å². The molecule has 1 amide bonds. The highest BCUT2D eigenvalue weighted by Crippen LogP contribution is 2.27. The SMILES string of the molecule is COc1ccc(CNC(=O)CSc2nnc(N)s2)cc1OC. The van der Waals surface area contributed by atoms with Crippen molar-refractivity contribution in [3.63, 3.8) is 0 Å². The Balaban J connectivity index is 1.83. The lowest BCUT2D eigenvalue weighted by Crippen LogP contribution is -2.24. The largest absolute Gasteiger partial charge is 0.493 e. The molecule has 7 nitrogen and oxygen atoms in total. The van der Waals surface area contributed by atoms with E-state index in [1.54, 1.807) is 20.3 Å². The molecule has 0 saturated heterocycles. The van der Waals surface area contributed by atoms with E-state index in [4.69, 9.17) is 15.2 Å². The van der Waals surface area contributed by atoms with E-state index >= 15 is 0 Å². The molecular weight excluding hydrogens is 324 g/mol. The molecule has 0 atom stereocenters. The number of ether oxygens (including phenoxy) is 2. The van der Waals surface area contributed by atoms with Gasteiger partial charge in [0.1, 0.15) is 0 Å². The van der Waals surface area contributed by atoms with Gasteiger partial charge in [0.2, 0.25) is 11.0 Å². The highest BCUT2D eigenvalue weighted by Gasteiger charge is 2.08. The Bertz CT molecular complexity index is 648. The van der Waals surface area contributed by atoms with E-state index in [1.165, 1.54) is 23.1 Å². The monoisotopic (exact) mass is 340 g/mol. The molecule has 2 aromatic rings. The Labute approximate surface area is 136 Å². The van der Waals surface area contributed by atoms with Crippen LogP contribution in [-0.2, 0) is 11.3 Å². The zero-order valence-corrected chi connectivity index (χ0v) is 13.8. The van der Waals surface area contributed by atoms with Crippen molar-refractivity contribution >= 4 is 34.1 Å². The minimum atomic E-state index is -0.0893.